The first kappa shape index (κ1) is 19.4. The van der Waals surface area contributed by atoms with Crippen LogP contribution in [-0.2, 0) is 6.42 Å². The second kappa shape index (κ2) is 11.6. The van der Waals surface area contributed by atoms with Crippen LogP contribution in [0.25, 0.3) is 11.4 Å². The fourth-order valence-corrected chi connectivity index (χ4v) is 2.68. The summed E-state index contributed by atoms with van der Waals surface area (Å²) in [6.45, 7) is 3.65. The van der Waals surface area contributed by atoms with E-state index in [-0.39, 0.29) is 0 Å². The number of aryl methyl sites for hydroxylation is 1. The Hall–Kier alpha value is -1.88. The zero-order valence-corrected chi connectivity index (χ0v) is 15.4. The summed E-state index contributed by atoms with van der Waals surface area (Å²) in [6, 6.07) is 7.87. The van der Waals surface area contributed by atoms with Gasteiger partial charge in [0.25, 0.3) is 0 Å². The number of hydrogen-bond donors (Lipinski definition) is 1. The van der Waals surface area contributed by atoms with Gasteiger partial charge in [-0.25, -0.2) is 0 Å². The molecule has 1 heterocycles. The van der Waals surface area contributed by atoms with Crippen LogP contribution in [0.3, 0.4) is 0 Å². The Morgan fingerprint density at radius 1 is 0.960 bits per heavy atom. The largest absolute Gasteiger partial charge is 0.494 e. The normalized spacial score (nSPS) is 11.0. The molecule has 0 saturated carbocycles. The summed E-state index contributed by atoms with van der Waals surface area (Å²) in [5.41, 5.74) is 6.43. The number of benzene rings is 1. The first-order valence-electron chi connectivity index (χ1n) is 9.59. The van der Waals surface area contributed by atoms with Gasteiger partial charge in [0.15, 0.2) is 0 Å². The summed E-state index contributed by atoms with van der Waals surface area (Å²) in [5, 5.41) is 4.02. The van der Waals surface area contributed by atoms with Crippen molar-refractivity contribution in [1.82, 2.24) is 10.1 Å². The second-order valence-corrected chi connectivity index (χ2v) is 6.40. The molecule has 0 fully saturated rings. The first-order chi connectivity index (χ1) is 12.3. The number of nitrogens with zero attached hydrogens (tertiary/aromatic N) is 2. The van der Waals surface area contributed by atoms with Gasteiger partial charge >= 0.3 is 0 Å². The van der Waals surface area contributed by atoms with Crippen molar-refractivity contribution in [3.05, 3.63) is 30.2 Å². The highest BCUT2D eigenvalue weighted by atomic mass is 16.5. The van der Waals surface area contributed by atoms with Crippen LogP contribution < -0.4 is 10.5 Å². The van der Waals surface area contributed by atoms with Crippen LogP contribution in [-0.4, -0.2) is 23.3 Å². The molecule has 0 atom stereocenters. The molecule has 0 spiro atoms. The van der Waals surface area contributed by atoms with Crippen LogP contribution in [0.2, 0.25) is 0 Å². The van der Waals surface area contributed by atoms with E-state index in [9.17, 15) is 0 Å². The lowest BCUT2D eigenvalue weighted by Gasteiger charge is -2.06. The maximum absolute atomic E-state index is 5.80. The van der Waals surface area contributed by atoms with E-state index in [0.29, 0.717) is 18.3 Å². The van der Waals surface area contributed by atoms with Gasteiger partial charge in [0.2, 0.25) is 11.7 Å². The van der Waals surface area contributed by atoms with E-state index >= 15 is 0 Å². The number of ether oxygens (including phenoxy) is 1. The molecule has 2 N–H and O–H groups in total. The van der Waals surface area contributed by atoms with E-state index in [4.69, 9.17) is 15.0 Å². The van der Waals surface area contributed by atoms with Crippen LogP contribution in [0.5, 0.6) is 5.75 Å². The average molecular weight is 345 g/mol. The minimum absolute atomic E-state index is 0.616. The monoisotopic (exact) mass is 345 g/mol. The van der Waals surface area contributed by atoms with Crippen molar-refractivity contribution in [3.8, 4) is 17.1 Å². The second-order valence-electron chi connectivity index (χ2n) is 6.40. The Morgan fingerprint density at radius 3 is 2.40 bits per heavy atom. The van der Waals surface area contributed by atoms with Crippen molar-refractivity contribution in [2.75, 3.05) is 13.2 Å². The highest BCUT2D eigenvalue weighted by molar-refractivity contribution is 5.55. The third-order valence-electron chi connectivity index (χ3n) is 4.19. The zero-order chi connectivity index (χ0) is 17.7. The molecule has 0 aliphatic heterocycles. The molecular weight excluding hydrogens is 314 g/mol. The van der Waals surface area contributed by atoms with Crippen LogP contribution in [0, 0.1) is 0 Å². The van der Waals surface area contributed by atoms with E-state index in [0.717, 1.165) is 37.2 Å². The minimum atomic E-state index is 0.616. The summed E-state index contributed by atoms with van der Waals surface area (Å²) < 4.78 is 11.0. The van der Waals surface area contributed by atoms with Crippen LogP contribution >= 0.6 is 0 Å². The van der Waals surface area contributed by atoms with Crippen molar-refractivity contribution in [3.63, 3.8) is 0 Å². The zero-order valence-electron chi connectivity index (χ0n) is 15.4. The highest BCUT2D eigenvalue weighted by Crippen LogP contribution is 2.20. The van der Waals surface area contributed by atoms with Gasteiger partial charge in [0, 0.05) is 12.0 Å². The minimum Gasteiger partial charge on any atom is -0.494 e. The quantitative estimate of drug-likeness (QED) is 0.530. The van der Waals surface area contributed by atoms with Crippen molar-refractivity contribution in [2.45, 2.75) is 64.7 Å². The molecule has 1 aromatic heterocycles. The molecule has 0 bridgehead atoms. The molecule has 138 valence electrons. The highest BCUT2D eigenvalue weighted by Gasteiger charge is 2.08. The topological polar surface area (TPSA) is 74.2 Å². The van der Waals surface area contributed by atoms with Gasteiger partial charge in [-0.3, -0.25) is 0 Å². The molecule has 1 aromatic carbocycles. The summed E-state index contributed by atoms with van der Waals surface area (Å²) in [4.78, 5) is 4.39. The van der Waals surface area contributed by atoms with Crippen LogP contribution in [0.4, 0.5) is 0 Å². The molecule has 0 saturated heterocycles. The van der Waals surface area contributed by atoms with Crippen molar-refractivity contribution in [2.24, 2.45) is 5.73 Å². The Labute approximate surface area is 151 Å². The van der Waals surface area contributed by atoms with E-state index in [2.05, 4.69) is 17.1 Å². The van der Waals surface area contributed by atoms with Gasteiger partial charge < -0.3 is 15.0 Å². The van der Waals surface area contributed by atoms with E-state index in [1.54, 1.807) is 0 Å². The molecule has 2 aromatic rings. The fraction of sp³-hybridized carbons (Fsp3) is 0.600. The predicted molar refractivity (Wildman–Crippen MR) is 101 cm³/mol. The van der Waals surface area contributed by atoms with Crippen LogP contribution in [0.1, 0.15) is 64.2 Å². The van der Waals surface area contributed by atoms with E-state index in [1.807, 2.05) is 24.3 Å². The number of nitrogens with two attached hydrogens (primary N) is 1. The standard InChI is InChI=1S/C20H31N3O2/c1-2-3-4-5-6-7-8-16-24-18-13-11-17(12-14-18)20-22-19(25-23-20)10-9-15-21/h11-14H,2-10,15-16,21H2,1H3. The lowest BCUT2D eigenvalue weighted by molar-refractivity contribution is 0.304. The molecule has 5 nitrogen and oxygen atoms in total. The lowest BCUT2D eigenvalue weighted by Crippen LogP contribution is -2.00. The molecule has 0 aliphatic carbocycles. The molecular formula is C20H31N3O2. The summed E-state index contributed by atoms with van der Waals surface area (Å²) in [6.07, 6.45) is 10.6. The molecule has 2 rings (SSSR count). The Bertz CT molecular complexity index is 581. The molecule has 0 unspecified atom stereocenters. The van der Waals surface area contributed by atoms with Gasteiger partial charge in [-0.05, 0) is 43.7 Å². The maximum Gasteiger partial charge on any atom is 0.227 e. The lowest BCUT2D eigenvalue weighted by atomic mass is 10.1. The van der Waals surface area contributed by atoms with Gasteiger partial charge in [0.1, 0.15) is 5.75 Å². The summed E-state index contributed by atoms with van der Waals surface area (Å²) in [7, 11) is 0. The first-order valence-corrected chi connectivity index (χ1v) is 9.59. The van der Waals surface area contributed by atoms with Gasteiger partial charge in [-0.15, -0.1) is 0 Å². The number of aromatic nitrogens is 2. The maximum atomic E-state index is 5.80. The molecule has 5 heteroatoms. The third kappa shape index (κ3) is 7.26. The molecule has 0 amide bonds. The van der Waals surface area contributed by atoms with Crippen molar-refractivity contribution in [1.29, 1.82) is 0 Å². The van der Waals surface area contributed by atoms with Crippen LogP contribution in [0.15, 0.2) is 28.8 Å². The van der Waals surface area contributed by atoms with Crippen molar-refractivity contribution < 1.29 is 9.26 Å². The van der Waals surface area contributed by atoms with Crippen molar-refractivity contribution >= 4 is 0 Å². The Morgan fingerprint density at radius 2 is 1.68 bits per heavy atom. The third-order valence-corrected chi connectivity index (χ3v) is 4.19. The Kier molecular flexibility index (Phi) is 9.05. The number of rotatable bonds is 13. The summed E-state index contributed by atoms with van der Waals surface area (Å²) >= 11 is 0. The van der Waals surface area contributed by atoms with Gasteiger partial charge in [-0.2, -0.15) is 4.98 Å². The number of unbranched alkanes of at least 4 members (excludes halogenated alkanes) is 6. The van der Waals surface area contributed by atoms with Gasteiger partial charge in [0.05, 0.1) is 6.61 Å². The molecule has 0 aliphatic rings. The van der Waals surface area contributed by atoms with Gasteiger partial charge in [-0.1, -0.05) is 50.6 Å². The van der Waals surface area contributed by atoms with E-state index in [1.165, 1.54) is 38.5 Å². The molecule has 25 heavy (non-hydrogen) atoms. The number of hydrogen-bond acceptors (Lipinski definition) is 5. The summed E-state index contributed by atoms with van der Waals surface area (Å²) in [5.74, 6) is 2.15. The fourth-order valence-electron chi connectivity index (χ4n) is 2.68. The smallest absolute Gasteiger partial charge is 0.227 e. The average Bonchev–Trinajstić information content (AvgIpc) is 3.11. The SMILES string of the molecule is CCCCCCCCCOc1ccc(-c2noc(CCCN)n2)cc1. The predicted octanol–water partition coefficient (Wildman–Crippen LogP) is 4.76. The molecule has 0 radical (unpaired) electrons. The Balaban J connectivity index is 1.68. The van der Waals surface area contributed by atoms with E-state index < -0.39 is 0 Å².